The van der Waals surface area contributed by atoms with Crippen molar-refractivity contribution in [3.8, 4) is 0 Å². The maximum absolute atomic E-state index is 11.4. The van der Waals surface area contributed by atoms with Crippen LogP contribution in [0.5, 0.6) is 0 Å². The van der Waals surface area contributed by atoms with Crippen LogP contribution in [0.15, 0.2) is 0 Å². The van der Waals surface area contributed by atoms with Gasteiger partial charge in [0.1, 0.15) is 6.04 Å². The molecule has 2 amide bonds. The summed E-state index contributed by atoms with van der Waals surface area (Å²) in [5, 5.41) is 3.54. The lowest BCUT2D eigenvalue weighted by molar-refractivity contribution is -0.128. The minimum atomic E-state index is -0.554. The Kier molecular flexibility index (Phi) is 7.38. The van der Waals surface area contributed by atoms with E-state index >= 15 is 0 Å². The molecule has 0 radical (unpaired) electrons. The molecular formula is C10H19BrN2O2. The molecule has 0 spiro atoms. The van der Waals surface area contributed by atoms with E-state index in [0.717, 1.165) is 18.2 Å². The van der Waals surface area contributed by atoms with Gasteiger partial charge in [-0.1, -0.05) is 29.8 Å². The van der Waals surface area contributed by atoms with E-state index in [1.165, 1.54) is 0 Å². The molecule has 0 heterocycles. The lowest BCUT2D eigenvalue weighted by Crippen LogP contribution is -2.47. The van der Waals surface area contributed by atoms with Gasteiger partial charge in [0, 0.05) is 11.8 Å². The first-order valence-electron chi connectivity index (χ1n) is 5.13. The lowest BCUT2D eigenvalue weighted by atomic mass is 10.0. The second kappa shape index (κ2) is 7.68. The number of rotatable bonds is 7. The highest BCUT2D eigenvalue weighted by Crippen LogP contribution is 2.03. The fraction of sp³-hybridized carbons (Fsp3) is 0.800. The van der Waals surface area contributed by atoms with Gasteiger partial charge in [-0.2, -0.15) is 0 Å². The monoisotopic (exact) mass is 278 g/mol. The van der Waals surface area contributed by atoms with Crippen LogP contribution in [0.3, 0.4) is 0 Å². The van der Waals surface area contributed by atoms with Crippen LogP contribution >= 0.6 is 15.9 Å². The van der Waals surface area contributed by atoms with Crippen molar-refractivity contribution in [2.24, 2.45) is 11.7 Å². The van der Waals surface area contributed by atoms with Crippen LogP contribution in [0, 0.1) is 5.92 Å². The summed E-state index contributed by atoms with van der Waals surface area (Å²) in [6.07, 6.45) is 2.22. The topological polar surface area (TPSA) is 72.2 Å². The van der Waals surface area contributed by atoms with E-state index in [0.29, 0.717) is 6.42 Å². The van der Waals surface area contributed by atoms with Crippen molar-refractivity contribution >= 4 is 27.7 Å². The van der Waals surface area contributed by atoms with Gasteiger partial charge in [0.2, 0.25) is 11.8 Å². The van der Waals surface area contributed by atoms with E-state index in [4.69, 9.17) is 5.73 Å². The number of halogens is 1. The van der Waals surface area contributed by atoms with Crippen LogP contribution < -0.4 is 11.1 Å². The first-order chi connectivity index (χ1) is 6.99. The lowest BCUT2D eigenvalue weighted by Gasteiger charge is -2.18. The Labute approximate surface area is 99.1 Å². The maximum atomic E-state index is 11.4. The fourth-order valence-corrected chi connectivity index (χ4v) is 1.59. The van der Waals surface area contributed by atoms with Gasteiger partial charge in [-0.15, -0.1) is 0 Å². The second-order valence-electron chi connectivity index (χ2n) is 3.84. The van der Waals surface area contributed by atoms with Gasteiger partial charge >= 0.3 is 0 Å². The first kappa shape index (κ1) is 14.4. The van der Waals surface area contributed by atoms with Crippen molar-refractivity contribution in [2.45, 2.75) is 39.2 Å². The minimum absolute atomic E-state index is 0.0302. The van der Waals surface area contributed by atoms with Crippen LogP contribution in [-0.4, -0.2) is 23.2 Å². The molecular weight excluding hydrogens is 260 g/mol. The van der Waals surface area contributed by atoms with Crippen molar-refractivity contribution in [1.82, 2.24) is 5.32 Å². The van der Waals surface area contributed by atoms with Crippen LogP contribution in [0.1, 0.15) is 33.1 Å². The largest absolute Gasteiger partial charge is 0.368 e. The Balaban J connectivity index is 3.95. The number of hydrogen-bond acceptors (Lipinski definition) is 2. The summed E-state index contributed by atoms with van der Waals surface area (Å²) < 4.78 is 0. The molecule has 3 N–H and O–H groups in total. The number of carbonyl (C=O) groups is 2. The van der Waals surface area contributed by atoms with E-state index in [1.54, 1.807) is 0 Å². The highest BCUT2D eigenvalue weighted by molar-refractivity contribution is 9.09. The number of primary amides is 1. The zero-order valence-electron chi connectivity index (χ0n) is 9.25. The normalized spacial score (nSPS) is 12.5. The predicted molar refractivity (Wildman–Crippen MR) is 63.6 cm³/mol. The zero-order valence-corrected chi connectivity index (χ0v) is 10.8. The number of nitrogens with two attached hydrogens (primary N) is 1. The SMILES string of the molecule is CC(C)C(NC(=O)CCCCBr)C(N)=O. The summed E-state index contributed by atoms with van der Waals surface area (Å²) in [7, 11) is 0. The summed E-state index contributed by atoms with van der Waals surface area (Å²) in [4.78, 5) is 22.4. The summed E-state index contributed by atoms with van der Waals surface area (Å²) in [5.41, 5.74) is 5.18. The van der Waals surface area contributed by atoms with E-state index in [2.05, 4.69) is 21.2 Å². The first-order valence-corrected chi connectivity index (χ1v) is 6.25. The van der Waals surface area contributed by atoms with E-state index in [9.17, 15) is 9.59 Å². The van der Waals surface area contributed by atoms with Crippen molar-refractivity contribution in [1.29, 1.82) is 0 Å². The number of alkyl halides is 1. The molecule has 0 rings (SSSR count). The molecule has 0 saturated heterocycles. The van der Waals surface area contributed by atoms with Crippen molar-refractivity contribution < 1.29 is 9.59 Å². The fourth-order valence-electron chi connectivity index (χ4n) is 1.19. The van der Waals surface area contributed by atoms with Crippen molar-refractivity contribution in [2.75, 3.05) is 5.33 Å². The predicted octanol–water partition coefficient (Wildman–Crippen LogP) is 1.18. The average molecular weight is 279 g/mol. The Bertz CT molecular complexity index is 219. The molecule has 0 aromatic carbocycles. The van der Waals surface area contributed by atoms with Crippen LogP contribution in [0.25, 0.3) is 0 Å². The molecule has 0 aromatic heterocycles. The van der Waals surface area contributed by atoms with Crippen LogP contribution in [0.2, 0.25) is 0 Å². The number of nitrogens with one attached hydrogen (secondary N) is 1. The Hall–Kier alpha value is -0.580. The van der Waals surface area contributed by atoms with Gasteiger partial charge in [0.15, 0.2) is 0 Å². The van der Waals surface area contributed by atoms with Gasteiger partial charge in [-0.25, -0.2) is 0 Å². The molecule has 88 valence electrons. The highest BCUT2D eigenvalue weighted by atomic mass is 79.9. The van der Waals surface area contributed by atoms with E-state index in [-0.39, 0.29) is 11.8 Å². The highest BCUT2D eigenvalue weighted by Gasteiger charge is 2.20. The quantitative estimate of drug-likeness (QED) is 0.542. The van der Waals surface area contributed by atoms with Crippen molar-refractivity contribution in [3.63, 3.8) is 0 Å². The number of carbonyl (C=O) groups excluding carboxylic acids is 2. The number of amides is 2. The molecule has 1 unspecified atom stereocenters. The van der Waals surface area contributed by atoms with Crippen LogP contribution in [0.4, 0.5) is 0 Å². The standard InChI is InChI=1S/C10H19BrN2O2/c1-7(2)9(10(12)15)13-8(14)5-3-4-6-11/h7,9H,3-6H2,1-2H3,(H2,12,15)(H,13,14). The third kappa shape index (κ3) is 6.49. The smallest absolute Gasteiger partial charge is 0.240 e. The van der Waals surface area contributed by atoms with Gasteiger partial charge in [0.05, 0.1) is 0 Å². The molecule has 0 aliphatic rings. The molecule has 0 aromatic rings. The summed E-state index contributed by atoms with van der Waals surface area (Å²) >= 11 is 3.29. The number of hydrogen-bond donors (Lipinski definition) is 2. The second-order valence-corrected chi connectivity index (χ2v) is 4.63. The van der Waals surface area contributed by atoms with E-state index < -0.39 is 11.9 Å². The molecule has 0 aliphatic heterocycles. The molecule has 15 heavy (non-hydrogen) atoms. The molecule has 4 nitrogen and oxygen atoms in total. The Morgan fingerprint density at radius 2 is 1.93 bits per heavy atom. The summed E-state index contributed by atoms with van der Waals surface area (Å²) in [6.45, 7) is 3.71. The van der Waals surface area contributed by atoms with E-state index in [1.807, 2.05) is 13.8 Å². The zero-order chi connectivity index (χ0) is 11.8. The maximum Gasteiger partial charge on any atom is 0.240 e. The van der Waals surface area contributed by atoms with Gasteiger partial charge in [-0.05, 0) is 18.8 Å². The third-order valence-corrected chi connectivity index (χ3v) is 2.64. The Morgan fingerprint density at radius 3 is 2.33 bits per heavy atom. The average Bonchev–Trinajstić information content (AvgIpc) is 2.13. The van der Waals surface area contributed by atoms with Crippen molar-refractivity contribution in [3.05, 3.63) is 0 Å². The summed E-state index contributed by atoms with van der Waals surface area (Å²) in [5.74, 6) is -0.546. The summed E-state index contributed by atoms with van der Waals surface area (Å²) in [6, 6.07) is -0.554. The van der Waals surface area contributed by atoms with Gasteiger partial charge in [-0.3, -0.25) is 9.59 Å². The van der Waals surface area contributed by atoms with Crippen LogP contribution in [-0.2, 0) is 9.59 Å². The molecule has 0 saturated carbocycles. The third-order valence-electron chi connectivity index (χ3n) is 2.08. The Morgan fingerprint density at radius 1 is 1.33 bits per heavy atom. The molecule has 0 fully saturated rings. The van der Waals surface area contributed by atoms with Gasteiger partial charge < -0.3 is 11.1 Å². The molecule has 0 aliphatic carbocycles. The molecule has 1 atom stereocenters. The molecule has 5 heteroatoms. The number of unbranched alkanes of at least 4 members (excludes halogenated alkanes) is 1. The minimum Gasteiger partial charge on any atom is -0.368 e. The van der Waals surface area contributed by atoms with Gasteiger partial charge in [0.25, 0.3) is 0 Å². The molecule has 0 bridgehead atoms.